The summed E-state index contributed by atoms with van der Waals surface area (Å²) in [6.45, 7) is 0. The van der Waals surface area contributed by atoms with Gasteiger partial charge in [0, 0.05) is 17.7 Å². The second kappa shape index (κ2) is 5.95. The Labute approximate surface area is 127 Å². The van der Waals surface area contributed by atoms with Gasteiger partial charge in [-0.05, 0) is 30.3 Å². The minimum absolute atomic E-state index is 0.00703. The number of phenolic OH excluding ortho intramolecular Hbond substituents is 1. The largest absolute Gasteiger partial charge is 0.506 e. The first-order valence-corrected chi connectivity index (χ1v) is 6.14. The van der Waals surface area contributed by atoms with Crippen LogP contribution in [0.4, 0.5) is 24.5 Å². The minimum atomic E-state index is -4.62. The molecule has 0 saturated carbocycles. The number of rotatable bonds is 3. The van der Waals surface area contributed by atoms with Crippen LogP contribution in [-0.2, 0) is 6.18 Å². The molecular formula is C14H9F3N2O4. The van der Waals surface area contributed by atoms with Crippen molar-refractivity contribution in [2.45, 2.75) is 6.18 Å². The van der Waals surface area contributed by atoms with Crippen LogP contribution in [-0.4, -0.2) is 15.9 Å². The highest BCUT2D eigenvalue weighted by molar-refractivity contribution is 6.05. The summed E-state index contributed by atoms with van der Waals surface area (Å²) in [5.74, 6) is -1.34. The molecule has 0 aliphatic heterocycles. The van der Waals surface area contributed by atoms with Crippen LogP contribution in [0.2, 0.25) is 0 Å². The van der Waals surface area contributed by atoms with Gasteiger partial charge in [0.2, 0.25) is 0 Å². The number of phenols is 1. The maximum absolute atomic E-state index is 12.6. The number of aromatic hydroxyl groups is 1. The van der Waals surface area contributed by atoms with Gasteiger partial charge in [-0.25, -0.2) is 0 Å². The third-order valence-corrected chi connectivity index (χ3v) is 2.91. The van der Waals surface area contributed by atoms with Gasteiger partial charge >= 0.3 is 6.18 Å². The van der Waals surface area contributed by atoms with Gasteiger partial charge in [-0.1, -0.05) is 0 Å². The van der Waals surface area contributed by atoms with Crippen molar-refractivity contribution in [1.82, 2.24) is 0 Å². The molecule has 0 atom stereocenters. The number of halogens is 3. The molecule has 0 radical (unpaired) electrons. The molecule has 0 spiro atoms. The van der Waals surface area contributed by atoms with Gasteiger partial charge in [-0.15, -0.1) is 0 Å². The highest BCUT2D eigenvalue weighted by atomic mass is 19.4. The van der Waals surface area contributed by atoms with Gasteiger partial charge in [-0.3, -0.25) is 14.9 Å². The van der Waals surface area contributed by atoms with Crippen molar-refractivity contribution in [1.29, 1.82) is 0 Å². The summed E-state index contributed by atoms with van der Waals surface area (Å²) in [5.41, 5.74) is -1.69. The molecule has 0 aliphatic carbocycles. The number of nitro benzene ring substituents is 1. The van der Waals surface area contributed by atoms with Crippen LogP contribution in [0, 0.1) is 10.1 Å². The second-order valence-electron chi connectivity index (χ2n) is 4.49. The number of amides is 1. The number of benzene rings is 2. The average molecular weight is 326 g/mol. The molecule has 0 unspecified atom stereocenters. The molecule has 2 rings (SSSR count). The predicted molar refractivity (Wildman–Crippen MR) is 74.2 cm³/mol. The molecule has 2 aromatic carbocycles. The van der Waals surface area contributed by atoms with E-state index in [2.05, 4.69) is 5.32 Å². The number of carbonyl (C=O) groups excluding carboxylic acids is 1. The molecule has 2 aromatic rings. The zero-order chi connectivity index (χ0) is 17.2. The van der Waals surface area contributed by atoms with Gasteiger partial charge in [0.15, 0.2) is 0 Å². The number of anilines is 1. The SMILES string of the molecule is O=C(Nc1cc(C(F)(F)F)ccc1O)c1ccc([N+](=O)[O-])cc1. The molecule has 6 nitrogen and oxygen atoms in total. The summed E-state index contributed by atoms with van der Waals surface area (Å²) >= 11 is 0. The molecule has 9 heteroatoms. The van der Waals surface area contributed by atoms with E-state index >= 15 is 0 Å². The van der Waals surface area contributed by atoms with Crippen molar-refractivity contribution in [3.05, 3.63) is 63.7 Å². The minimum Gasteiger partial charge on any atom is -0.506 e. The van der Waals surface area contributed by atoms with Crippen molar-refractivity contribution in [2.75, 3.05) is 5.32 Å². The molecule has 0 aromatic heterocycles. The van der Waals surface area contributed by atoms with Crippen LogP contribution < -0.4 is 5.32 Å². The number of hydrogen-bond acceptors (Lipinski definition) is 4. The lowest BCUT2D eigenvalue weighted by Gasteiger charge is -2.11. The number of carbonyl (C=O) groups is 1. The number of nitro groups is 1. The van der Waals surface area contributed by atoms with Crippen molar-refractivity contribution in [2.24, 2.45) is 0 Å². The van der Waals surface area contributed by atoms with Crippen LogP contribution in [0.1, 0.15) is 15.9 Å². The summed E-state index contributed by atoms with van der Waals surface area (Å²) in [6, 6.07) is 6.56. The summed E-state index contributed by atoms with van der Waals surface area (Å²) in [7, 11) is 0. The second-order valence-corrected chi connectivity index (χ2v) is 4.49. The molecule has 2 N–H and O–H groups in total. The molecule has 0 aliphatic rings. The van der Waals surface area contributed by atoms with Crippen molar-refractivity contribution >= 4 is 17.3 Å². The van der Waals surface area contributed by atoms with E-state index in [0.717, 1.165) is 30.3 Å². The first kappa shape index (κ1) is 16.3. The quantitative estimate of drug-likeness (QED) is 0.512. The van der Waals surface area contributed by atoms with Crippen LogP contribution in [0.3, 0.4) is 0 Å². The van der Waals surface area contributed by atoms with E-state index < -0.39 is 34.0 Å². The summed E-state index contributed by atoms with van der Waals surface area (Å²) in [4.78, 5) is 21.8. The van der Waals surface area contributed by atoms with E-state index in [1.54, 1.807) is 0 Å². The Balaban J connectivity index is 2.24. The van der Waals surface area contributed by atoms with Crippen LogP contribution in [0.25, 0.3) is 0 Å². The fourth-order valence-corrected chi connectivity index (χ4v) is 1.74. The lowest BCUT2D eigenvalue weighted by atomic mass is 10.1. The third kappa shape index (κ3) is 3.76. The maximum Gasteiger partial charge on any atom is 0.416 e. The number of nitrogens with one attached hydrogen (secondary N) is 1. The number of nitrogens with zero attached hydrogens (tertiary/aromatic N) is 1. The van der Waals surface area contributed by atoms with E-state index in [1.807, 2.05) is 0 Å². The molecule has 1 amide bonds. The lowest BCUT2D eigenvalue weighted by Crippen LogP contribution is -2.13. The predicted octanol–water partition coefficient (Wildman–Crippen LogP) is 3.57. The average Bonchev–Trinajstić information content (AvgIpc) is 2.48. The Morgan fingerprint density at radius 2 is 1.74 bits per heavy atom. The normalized spacial score (nSPS) is 11.1. The van der Waals surface area contributed by atoms with Gasteiger partial charge in [-0.2, -0.15) is 13.2 Å². The lowest BCUT2D eigenvalue weighted by molar-refractivity contribution is -0.384. The fraction of sp³-hybridized carbons (Fsp3) is 0.0714. The molecule has 0 fully saturated rings. The Kier molecular flexibility index (Phi) is 4.21. The van der Waals surface area contributed by atoms with Gasteiger partial charge in [0.25, 0.3) is 11.6 Å². The molecule has 23 heavy (non-hydrogen) atoms. The summed E-state index contributed by atoms with van der Waals surface area (Å²) < 4.78 is 37.9. The first-order chi connectivity index (χ1) is 10.7. The highest BCUT2D eigenvalue weighted by Crippen LogP contribution is 2.34. The third-order valence-electron chi connectivity index (χ3n) is 2.91. The van der Waals surface area contributed by atoms with E-state index in [1.165, 1.54) is 0 Å². The zero-order valence-electron chi connectivity index (χ0n) is 11.3. The topological polar surface area (TPSA) is 92.5 Å². The molecule has 120 valence electrons. The van der Waals surface area contributed by atoms with Crippen molar-refractivity contribution in [3.63, 3.8) is 0 Å². The van der Waals surface area contributed by atoms with Gasteiger partial charge < -0.3 is 10.4 Å². The smallest absolute Gasteiger partial charge is 0.416 e. The van der Waals surface area contributed by atoms with E-state index in [9.17, 15) is 33.2 Å². The number of non-ortho nitro benzene ring substituents is 1. The van der Waals surface area contributed by atoms with Gasteiger partial charge in [0.05, 0.1) is 16.2 Å². The Bertz CT molecular complexity index is 758. The fourth-order valence-electron chi connectivity index (χ4n) is 1.74. The molecule has 0 heterocycles. The van der Waals surface area contributed by atoms with Crippen LogP contribution in [0.15, 0.2) is 42.5 Å². The standard InChI is InChI=1S/C14H9F3N2O4/c15-14(16,17)9-3-6-12(20)11(7-9)18-13(21)8-1-4-10(5-2-8)19(22)23/h1-7,20H,(H,18,21). The number of alkyl halides is 3. The Morgan fingerprint density at radius 1 is 1.13 bits per heavy atom. The molecule has 0 saturated heterocycles. The first-order valence-electron chi connectivity index (χ1n) is 6.14. The summed E-state index contributed by atoms with van der Waals surface area (Å²) in [5, 5.41) is 22.2. The van der Waals surface area contributed by atoms with E-state index in [0.29, 0.717) is 12.1 Å². The maximum atomic E-state index is 12.6. The van der Waals surface area contributed by atoms with Crippen LogP contribution >= 0.6 is 0 Å². The molecule has 0 bridgehead atoms. The Morgan fingerprint density at radius 3 is 2.26 bits per heavy atom. The van der Waals surface area contributed by atoms with Gasteiger partial charge in [0.1, 0.15) is 5.75 Å². The monoisotopic (exact) mass is 326 g/mol. The summed E-state index contributed by atoms with van der Waals surface area (Å²) in [6.07, 6.45) is -4.62. The van der Waals surface area contributed by atoms with E-state index in [4.69, 9.17) is 0 Å². The highest BCUT2D eigenvalue weighted by Gasteiger charge is 2.31. The van der Waals surface area contributed by atoms with E-state index in [-0.39, 0.29) is 11.3 Å². The number of hydrogen-bond donors (Lipinski definition) is 2. The van der Waals surface area contributed by atoms with Crippen molar-refractivity contribution in [3.8, 4) is 5.75 Å². The molecular weight excluding hydrogens is 317 g/mol. The Hall–Kier alpha value is -3.10. The van der Waals surface area contributed by atoms with Crippen molar-refractivity contribution < 1.29 is 28.0 Å². The van der Waals surface area contributed by atoms with Crippen LogP contribution in [0.5, 0.6) is 5.75 Å². The zero-order valence-corrected chi connectivity index (χ0v) is 11.3.